The molecule has 0 atom stereocenters. The van der Waals surface area contributed by atoms with Gasteiger partial charge in [0.25, 0.3) is 0 Å². The molecule has 0 radical (unpaired) electrons. The van der Waals surface area contributed by atoms with Crippen LogP contribution in [0.15, 0.2) is 161 Å². The number of benzene rings is 7. The largest absolute Gasteiger partial charge is 0.309 e. The number of hydrogen-bond acceptors (Lipinski definition) is 4. The summed E-state index contributed by atoms with van der Waals surface area (Å²) in [7, 11) is -3.78. The fourth-order valence-electron chi connectivity index (χ4n) is 7.45. The summed E-state index contributed by atoms with van der Waals surface area (Å²) >= 11 is 1.80. The lowest BCUT2D eigenvalue weighted by molar-refractivity contribution is 0.596. The van der Waals surface area contributed by atoms with Gasteiger partial charge in [-0.3, -0.25) is 0 Å². The minimum atomic E-state index is -3.78. The third-order valence-corrected chi connectivity index (χ3v) is 12.7. The fraction of sp³-hybridized carbons (Fsp3) is 0. The van der Waals surface area contributed by atoms with Crippen LogP contribution in [0.25, 0.3) is 75.2 Å². The lowest BCUT2D eigenvalue weighted by atomic mass is 10.1. The second-order valence-corrected chi connectivity index (χ2v) is 15.5. The topological polar surface area (TPSA) is 67.8 Å². The van der Waals surface area contributed by atoms with Crippen LogP contribution in [-0.2, 0) is 9.84 Å². The van der Waals surface area contributed by atoms with E-state index in [-0.39, 0.29) is 9.79 Å². The molecule has 0 aliphatic carbocycles. The molecule has 0 fully saturated rings. The normalized spacial score (nSPS) is 12.1. The minimum Gasteiger partial charge on any atom is -0.309 e. The van der Waals surface area contributed by atoms with E-state index in [2.05, 4.69) is 106 Å². The van der Waals surface area contributed by atoms with Crippen LogP contribution >= 0.6 is 11.3 Å². The molecule has 0 aliphatic rings. The van der Waals surface area contributed by atoms with Gasteiger partial charge < -0.3 is 9.13 Å². The molecule has 50 heavy (non-hydrogen) atoms. The molecule has 0 bridgehead atoms. The van der Waals surface area contributed by atoms with Gasteiger partial charge in [0.15, 0.2) is 0 Å². The fourth-order valence-corrected chi connectivity index (χ4v) is 9.84. The SMILES string of the molecule is N#Cc1ccc(S(=O)(=O)c2ccc(-n3c4cc5c(cc4c4cc6c7ccccc7n(-c7ccccc7)c6cc43)sc3ccccc35)cc2)cc1. The monoisotopic (exact) mass is 679 g/mol. The van der Waals surface area contributed by atoms with Gasteiger partial charge in [-0.2, -0.15) is 5.26 Å². The standard InChI is InChI=1S/C43H25N3O2S2/c44-26-27-14-18-30(19-15-27)50(47,48)31-20-16-29(17-21-31)46-39-23-37-33-11-5-7-13-42(33)49-43(37)24-36(39)35-22-34-32-10-4-6-12-38(32)45(40(34)25-41(35)46)28-8-2-1-3-9-28/h1-25H. The zero-order valence-electron chi connectivity index (χ0n) is 26.4. The molecule has 0 saturated carbocycles. The molecule has 5 nitrogen and oxygen atoms in total. The first kappa shape index (κ1) is 28.8. The van der Waals surface area contributed by atoms with Gasteiger partial charge in [0.05, 0.1) is 43.5 Å². The van der Waals surface area contributed by atoms with E-state index >= 15 is 0 Å². The number of para-hydroxylation sites is 2. The van der Waals surface area contributed by atoms with Gasteiger partial charge in [0.2, 0.25) is 9.84 Å². The Labute approximate surface area is 291 Å². The Morgan fingerprint density at radius 3 is 1.76 bits per heavy atom. The zero-order chi connectivity index (χ0) is 33.6. The van der Waals surface area contributed by atoms with Gasteiger partial charge in [-0.15, -0.1) is 11.3 Å². The first-order valence-electron chi connectivity index (χ1n) is 16.2. The molecule has 0 saturated heterocycles. The van der Waals surface area contributed by atoms with Gasteiger partial charge in [-0.25, -0.2) is 8.42 Å². The number of hydrogen-bond donors (Lipinski definition) is 0. The van der Waals surface area contributed by atoms with Crippen molar-refractivity contribution < 1.29 is 8.42 Å². The quantitative estimate of drug-likeness (QED) is 0.186. The molecular weight excluding hydrogens is 655 g/mol. The van der Waals surface area contributed by atoms with Crippen LogP contribution in [0.4, 0.5) is 0 Å². The Morgan fingerprint density at radius 1 is 0.460 bits per heavy atom. The maximum Gasteiger partial charge on any atom is 0.206 e. The van der Waals surface area contributed by atoms with Crippen molar-refractivity contribution in [1.29, 1.82) is 5.26 Å². The van der Waals surface area contributed by atoms with E-state index in [0.29, 0.717) is 5.56 Å². The van der Waals surface area contributed by atoms with Crippen LogP contribution < -0.4 is 0 Å². The van der Waals surface area contributed by atoms with E-state index in [4.69, 9.17) is 0 Å². The lowest BCUT2D eigenvalue weighted by Gasteiger charge is -2.11. The molecule has 0 spiro atoms. The summed E-state index contributed by atoms with van der Waals surface area (Å²) in [5.41, 5.74) is 6.70. The molecule has 7 aromatic carbocycles. The van der Waals surface area contributed by atoms with Crippen molar-refractivity contribution in [3.8, 4) is 17.4 Å². The number of thiophene rings is 1. The van der Waals surface area contributed by atoms with Crippen molar-refractivity contribution in [2.24, 2.45) is 0 Å². The highest BCUT2D eigenvalue weighted by atomic mass is 32.2. The number of fused-ring (bicyclic) bond motifs is 9. The molecule has 10 rings (SSSR count). The van der Waals surface area contributed by atoms with Gasteiger partial charge in [0.1, 0.15) is 0 Å². The minimum absolute atomic E-state index is 0.156. The summed E-state index contributed by atoms with van der Waals surface area (Å²) < 4.78 is 34.3. The molecule has 236 valence electrons. The van der Waals surface area contributed by atoms with Crippen LogP contribution in [0.2, 0.25) is 0 Å². The summed E-state index contributed by atoms with van der Waals surface area (Å²) in [6.45, 7) is 0. The maximum absolute atomic E-state index is 13.6. The van der Waals surface area contributed by atoms with Crippen LogP contribution in [-0.4, -0.2) is 17.6 Å². The zero-order valence-corrected chi connectivity index (χ0v) is 28.0. The summed E-state index contributed by atoms with van der Waals surface area (Å²) in [6, 6.07) is 52.0. The van der Waals surface area contributed by atoms with E-state index in [0.717, 1.165) is 44.2 Å². The smallest absolute Gasteiger partial charge is 0.206 e. The number of aromatic nitrogens is 2. The Kier molecular flexibility index (Phi) is 6.13. The first-order chi connectivity index (χ1) is 24.5. The van der Waals surface area contributed by atoms with Crippen LogP contribution in [0.3, 0.4) is 0 Å². The molecule has 7 heteroatoms. The summed E-state index contributed by atoms with van der Waals surface area (Å²) in [5.74, 6) is 0. The average Bonchev–Trinajstić information content (AvgIpc) is 3.80. The highest BCUT2D eigenvalue weighted by Gasteiger charge is 2.22. The van der Waals surface area contributed by atoms with Crippen LogP contribution in [0, 0.1) is 11.3 Å². The molecule has 0 N–H and O–H groups in total. The van der Waals surface area contributed by atoms with Crippen LogP contribution in [0.1, 0.15) is 5.56 Å². The van der Waals surface area contributed by atoms with E-state index in [1.165, 1.54) is 55.2 Å². The summed E-state index contributed by atoms with van der Waals surface area (Å²) in [6.07, 6.45) is 0. The molecular formula is C43H25N3O2S2. The van der Waals surface area contributed by atoms with Gasteiger partial charge in [0, 0.05) is 53.1 Å². The van der Waals surface area contributed by atoms with Crippen LogP contribution in [0.5, 0.6) is 0 Å². The molecule has 3 heterocycles. The van der Waals surface area contributed by atoms with Crippen molar-refractivity contribution in [2.45, 2.75) is 9.79 Å². The molecule has 10 aromatic rings. The van der Waals surface area contributed by atoms with E-state index in [9.17, 15) is 13.7 Å². The number of rotatable bonds is 4. The number of sulfone groups is 1. The number of nitrogens with zero attached hydrogens (tertiary/aromatic N) is 3. The van der Waals surface area contributed by atoms with Gasteiger partial charge >= 0.3 is 0 Å². The average molecular weight is 680 g/mol. The first-order valence-corrected chi connectivity index (χ1v) is 18.5. The predicted octanol–water partition coefficient (Wildman–Crippen LogP) is 11.0. The van der Waals surface area contributed by atoms with Gasteiger partial charge in [-0.1, -0.05) is 54.6 Å². The van der Waals surface area contributed by atoms with E-state index in [1.54, 1.807) is 23.5 Å². The summed E-state index contributed by atoms with van der Waals surface area (Å²) in [5, 5.41) is 16.3. The van der Waals surface area contributed by atoms with Crippen molar-refractivity contribution >= 4 is 85.0 Å². The highest BCUT2D eigenvalue weighted by Crippen LogP contribution is 2.43. The van der Waals surface area contributed by atoms with Crippen molar-refractivity contribution in [3.05, 3.63) is 157 Å². The van der Waals surface area contributed by atoms with E-state index < -0.39 is 9.84 Å². The summed E-state index contributed by atoms with van der Waals surface area (Å²) in [4.78, 5) is 0.355. The maximum atomic E-state index is 13.6. The van der Waals surface area contributed by atoms with Gasteiger partial charge in [-0.05, 0) is 97.1 Å². The highest BCUT2D eigenvalue weighted by molar-refractivity contribution is 7.91. The third-order valence-electron chi connectivity index (χ3n) is 9.77. The lowest BCUT2D eigenvalue weighted by Crippen LogP contribution is -2.03. The second-order valence-electron chi connectivity index (χ2n) is 12.5. The number of nitriles is 1. The Hall–Kier alpha value is -6.20. The Morgan fingerprint density at radius 2 is 1.02 bits per heavy atom. The predicted molar refractivity (Wildman–Crippen MR) is 205 cm³/mol. The second kappa shape index (κ2) is 10.6. The molecule has 0 amide bonds. The van der Waals surface area contributed by atoms with Crippen molar-refractivity contribution in [1.82, 2.24) is 9.13 Å². The van der Waals surface area contributed by atoms with Crippen molar-refractivity contribution in [3.63, 3.8) is 0 Å². The van der Waals surface area contributed by atoms with E-state index in [1.807, 2.05) is 24.3 Å². The molecule has 0 unspecified atom stereocenters. The third kappa shape index (κ3) is 4.13. The molecule has 3 aromatic heterocycles. The Balaban J connectivity index is 1.27. The molecule has 0 aliphatic heterocycles. The Bertz CT molecular complexity index is 3150. The van der Waals surface area contributed by atoms with Crippen molar-refractivity contribution in [2.75, 3.05) is 0 Å².